The van der Waals surface area contributed by atoms with Gasteiger partial charge in [0.2, 0.25) is 0 Å². The molecule has 1 unspecified atom stereocenters. The minimum atomic E-state index is -4.45. The predicted octanol–water partition coefficient (Wildman–Crippen LogP) is 9.16. The molecule has 0 aliphatic rings. The molecule has 2 heterocycles. The van der Waals surface area contributed by atoms with E-state index in [2.05, 4.69) is 26.2 Å². The van der Waals surface area contributed by atoms with Gasteiger partial charge < -0.3 is 0 Å². The molecule has 0 saturated carbocycles. The molecular formula is C41H33ClF3N7. The molecule has 0 radical (unpaired) electrons. The van der Waals surface area contributed by atoms with Crippen molar-refractivity contribution < 1.29 is 13.2 Å². The van der Waals surface area contributed by atoms with Crippen molar-refractivity contribution >= 4 is 11.6 Å². The third kappa shape index (κ3) is 7.80. The zero-order valence-corrected chi connectivity index (χ0v) is 28.6. The molecule has 11 heteroatoms. The van der Waals surface area contributed by atoms with Gasteiger partial charge in [0.25, 0.3) is 0 Å². The first kappa shape index (κ1) is 35.8. The van der Waals surface area contributed by atoms with Gasteiger partial charge in [0, 0.05) is 5.02 Å². The van der Waals surface area contributed by atoms with Crippen molar-refractivity contribution in [1.82, 2.24) is 29.5 Å². The van der Waals surface area contributed by atoms with E-state index < -0.39 is 22.7 Å². The third-order valence-corrected chi connectivity index (χ3v) is 9.20. The SMILES string of the molecule is FC(F)(F)c1cccc(C(c2ccccc2)(c2ccccc2)n2cncn2)c1.N#CC(CCc1ccc(Cl)cc1)(Cn1cncn1)c1ccccc1. The van der Waals surface area contributed by atoms with E-state index in [0.717, 1.165) is 39.8 Å². The number of hydrogen-bond acceptors (Lipinski definition) is 5. The highest BCUT2D eigenvalue weighted by Gasteiger charge is 2.41. The predicted molar refractivity (Wildman–Crippen MR) is 193 cm³/mol. The molecule has 260 valence electrons. The van der Waals surface area contributed by atoms with Crippen molar-refractivity contribution in [2.75, 3.05) is 0 Å². The quantitative estimate of drug-likeness (QED) is 0.132. The van der Waals surface area contributed by atoms with Gasteiger partial charge in [-0.1, -0.05) is 127 Å². The highest BCUT2D eigenvalue weighted by molar-refractivity contribution is 6.30. The number of benzene rings is 5. The summed E-state index contributed by atoms with van der Waals surface area (Å²) in [6.45, 7) is 0.473. The molecule has 2 aromatic heterocycles. The van der Waals surface area contributed by atoms with Gasteiger partial charge in [-0.25, -0.2) is 14.6 Å². The summed E-state index contributed by atoms with van der Waals surface area (Å²) in [4.78, 5) is 8.06. The van der Waals surface area contributed by atoms with Crippen molar-refractivity contribution in [2.24, 2.45) is 0 Å². The van der Waals surface area contributed by atoms with Crippen LogP contribution >= 0.6 is 11.6 Å². The van der Waals surface area contributed by atoms with Crippen molar-refractivity contribution in [3.63, 3.8) is 0 Å². The van der Waals surface area contributed by atoms with Gasteiger partial charge >= 0.3 is 6.18 Å². The van der Waals surface area contributed by atoms with Gasteiger partial charge in [0.1, 0.15) is 36.3 Å². The second kappa shape index (κ2) is 15.9. The molecular weight excluding hydrogens is 683 g/mol. The van der Waals surface area contributed by atoms with Crippen LogP contribution in [0.4, 0.5) is 13.2 Å². The summed E-state index contributed by atoms with van der Waals surface area (Å²) in [6, 6.07) is 44.3. The lowest BCUT2D eigenvalue weighted by Gasteiger charge is -2.36. The smallest absolute Gasteiger partial charge is 0.251 e. The van der Waals surface area contributed by atoms with Gasteiger partial charge in [-0.3, -0.25) is 4.68 Å². The Morgan fingerprint density at radius 1 is 0.615 bits per heavy atom. The largest absolute Gasteiger partial charge is 0.416 e. The van der Waals surface area contributed by atoms with E-state index in [0.29, 0.717) is 18.5 Å². The Hall–Kier alpha value is -6.05. The lowest BCUT2D eigenvalue weighted by atomic mass is 9.76. The second-order valence-electron chi connectivity index (χ2n) is 12.1. The second-order valence-corrected chi connectivity index (χ2v) is 12.6. The Morgan fingerprint density at radius 2 is 1.15 bits per heavy atom. The summed E-state index contributed by atoms with van der Waals surface area (Å²) in [5.74, 6) is 0. The topological polar surface area (TPSA) is 85.2 Å². The number of rotatable bonds is 10. The summed E-state index contributed by atoms with van der Waals surface area (Å²) < 4.78 is 43.7. The number of nitrogens with zero attached hydrogens (tertiary/aromatic N) is 7. The zero-order valence-electron chi connectivity index (χ0n) is 27.9. The molecule has 5 aromatic carbocycles. The van der Waals surface area contributed by atoms with Crippen molar-refractivity contribution in [3.05, 3.63) is 203 Å². The van der Waals surface area contributed by atoms with Crippen molar-refractivity contribution in [2.45, 2.75) is 36.5 Å². The highest BCUT2D eigenvalue weighted by atomic mass is 35.5. The molecule has 7 aromatic rings. The summed E-state index contributed by atoms with van der Waals surface area (Å²) >= 11 is 5.95. The molecule has 0 saturated heterocycles. The van der Waals surface area contributed by atoms with Crippen LogP contribution in [-0.4, -0.2) is 29.5 Å². The van der Waals surface area contributed by atoms with Crippen LogP contribution < -0.4 is 0 Å². The van der Waals surface area contributed by atoms with Crippen LogP contribution in [0.2, 0.25) is 5.02 Å². The van der Waals surface area contributed by atoms with E-state index >= 15 is 0 Å². The molecule has 0 spiro atoms. The Labute approximate surface area is 304 Å². The van der Waals surface area contributed by atoms with E-state index in [1.165, 1.54) is 31.1 Å². The standard InChI is InChI=1S/C22H16F3N3.C19H17ClN4/c23-22(24,25)20-13-7-12-19(14-20)21(28-16-26-15-27-28,17-8-3-1-4-9-17)18-10-5-2-6-11-18;20-18-8-6-16(7-9-18)10-11-19(12-21,13-24-15-22-14-23-24)17-4-2-1-3-5-17/h1-16H;1-9,14-15H,10-11,13H2. The average Bonchev–Trinajstić information content (AvgIpc) is 3.92. The first-order valence-corrected chi connectivity index (χ1v) is 16.8. The minimum absolute atomic E-state index is 0.449. The zero-order chi connectivity index (χ0) is 36.4. The molecule has 0 amide bonds. The summed E-state index contributed by atoms with van der Waals surface area (Å²) in [5.41, 5.74) is 1.71. The highest BCUT2D eigenvalue weighted by Crippen LogP contribution is 2.42. The number of halogens is 4. The molecule has 1 atom stereocenters. The van der Waals surface area contributed by atoms with Crippen LogP contribution in [0.5, 0.6) is 0 Å². The maximum absolute atomic E-state index is 13.5. The molecule has 0 bridgehead atoms. The van der Waals surface area contributed by atoms with Crippen LogP contribution in [0, 0.1) is 11.3 Å². The fraction of sp³-hybridized carbons (Fsp3) is 0.146. The van der Waals surface area contributed by atoms with E-state index in [1.54, 1.807) is 21.8 Å². The molecule has 0 fully saturated rings. The first-order valence-electron chi connectivity index (χ1n) is 16.4. The number of alkyl halides is 3. The average molecular weight is 716 g/mol. The van der Waals surface area contributed by atoms with E-state index in [9.17, 15) is 18.4 Å². The van der Waals surface area contributed by atoms with Crippen LogP contribution in [0.1, 0.15) is 39.8 Å². The Kier molecular flexibility index (Phi) is 10.9. The van der Waals surface area contributed by atoms with E-state index in [-0.39, 0.29) is 0 Å². The van der Waals surface area contributed by atoms with Crippen LogP contribution in [0.25, 0.3) is 0 Å². The number of aromatic nitrogens is 6. The Balaban J connectivity index is 0.000000181. The van der Waals surface area contributed by atoms with Crippen LogP contribution in [-0.2, 0) is 30.1 Å². The molecule has 7 rings (SSSR count). The van der Waals surface area contributed by atoms with Crippen LogP contribution in [0.3, 0.4) is 0 Å². The van der Waals surface area contributed by atoms with Gasteiger partial charge in [0.15, 0.2) is 0 Å². The fourth-order valence-electron chi connectivity index (χ4n) is 6.38. The maximum Gasteiger partial charge on any atom is 0.416 e. The fourth-order valence-corrected chi connectivity index (χ4v) is 6.51. The van der Waals surface area contributed by atoms with Crippen LogP contribution in [0.15, 0.2) is 165 Å². The molecule has 7 nitrogen and oxygen atoms in total. The minimum Gasteiger partial charge on any atom is -0.251 e. The molecule has 0 N–H and O–H groups in total. The number of hydrogen-bond donors (Lipinski definition) is 0. The maximum atomic E-state index is 13.5. The summed E-state index contributed by atoms with van der Waals surface area (Å²) in [7, 11) is 0. The normalized spacial score (nSPS) is 12.6. The molecule has 0 aliphatic carbocycles. The summed E-state index contributed by atoms with van der Waals surface area (Å²) in [5, 5.41) is 19.2. The molecule has 52 heavy (non-hydrogen) atoms. The third-order valence-electron chi connectivity index (χ3n) is 8.95. The lowest BCUT2D eigenvalue weighted by molar-refractivity contribution is -0.137. The van der Waals surface area contributed by atoms with Gasteiger partial charge in [-0.2, -0.15) is 28.6 Å². The van der Waals surface area contributed by atoms with Gasteiger partial charge in [-0.15, -0.1) is 0 Å². The summed E-state index contributed by atoms with van der Waals surface area (Å²) in [6.07, 6.45) is 3.08. The van der Waals surface area contributed by atoms with Gasteiger partial charge in [0.05, 0.1) is 18.2 Å². The van der Waals surface area contributed by atoms with Gasteiger partial charge in [-0.05, 0) is 64.9 Å². The molecule has 0 aliphatic heterocycles. The lowest BCUT2D eigenvalue weighted by Crippen LogP contribution is -2.38. The van der Waals surface area contributed by atoms with E-state index in [4.69, 9.17) is 11.6 Å². The van der Waals surface area contributed by atoms with Crippen molar-refractivity contribution in [1.29, 1.82) is 5.26 Å². The van der Waals surface area contributed by atoms with E-state index in [1.807, 2.05) is 115 Å². The number of nitriles is 1. The monoisotopic (exact) mass is 715 g/mol. The Bertz CT molecular complexity index is 2130. The van der Waals surface area contributed by atoms with Crippen molar-refractivity contribution in [3.8, 4) is 6.07 Å². The first-order chi connectivity index (χ1) is 25.2. The Morgan fingerprint density at radius 3 is 1.67 bits per heavy atom. The number of aryl methyl sites for hydroxylation is 1.